The number of aromatic nitrogens is 1. The summed E-state index contributed by atoms with van der Waals surface area (Å²) in [6, 6.07) is 14.2. The van der Waals surface area contributed by atoms with E-state index in [0.717, 1.165) is 23.0 Å². The van der Waals surface area contributed by atoms with E-state index in [1.165, 1.54) is 12.1 Å². The molecule has 0 fully saturated rings. The topological polar surface area (TPSA) is 48.1 Å². The first-order valence-corrected chi connectivity index (χ1v) is 7.98. The van der Waals surface area contributed by atoms with Gasteiger partial charge in [-0.1, -0.05) is 19.1 Å². The quantitative estimate of drug-likeness (QED) is 0.725. The normalized spacial score (nSPS) is 11.1. The molecule has 0 bridgehead atoms. The Labute approximate surface area is 140 Å². The maximum absolute atomic E-state index is 13.2. The van der Waals surface area contributed by atoms with Gasteiger partial charge < -0.3 is 10.3 Å². The van der Waals surface area contributed by atoms with Crippen LogP contribution < -0.4 is 5.32 Å². The predicted molar refractivity (Wildman–Crippen MR) is 94.3 cm³/mol. The minimum atomic E-state index is -0.361. The van der Waals surface area contributed by atoms with Gasteiger partial charge in [0.2, 0.25) is 5.91 Å². The standard InChI is InChI=1S/C19H20FN3O/c1-2-23(12-14-6-7-18-15(10-14)8-9-21-18)13-19(24)22-17-5-3-4-16(20)11-17/h3-11,21H,2,12-13H2,1H3,(H,22,24). The summed E-state index contributed by atoms with van der Waals surface area (Å²) in [6.07, 6.45) is 1.92. The third-order valence-corrected chi connectivity index (χ3v) is 3.95. The van der Waals surface area contributed by atoms with E-state index in [0.29, 0.717) is 12.2 Å². The van der Waals surface area contributed by atoms with Crippen LogP contribution in [0.5, 0.6) is 0 Å². The number of hydrogen-bond donors (Lipinski definition) is 2. The molecule has 1 amide bonds. The van der Waals surface area contributed by atoms with Crippen molar-refractivity contribution in [2.45, 2.75) is 13.5 Å². The fourth-order valence-corrected chi connectivity index (χ4v) is 2.71. The first-order chi connectivity index (χ1) is 11.6. The van der Waals surface area contributed by atoms with Crippen LogP contribution in [0.1, 0.15) is 12.5 Å². The van der Waals surface area contributed by atoms with E-state index in [2.05, 4.69) is 22.4 Å². The number of amides is 1. The monoisotopic (exact) mass is 325 g/mol. The van der Waals surface area contributed by atoms with Crippen molar-refractivity contribution >= 4 is 22.5 Å². The summed E-state index contributed by atoms with van der Waals surface area (Å²) in [5.41, 5.74) is 2.73. The van der Waals surface area contributed by atoms with E-state index in [1.807, 2.05) is 30.2 Å². The van der Waals surface area contributed by atoms with Crippen LogP contribution in [-0.2, 0) is 11.3 Å². The molecule has 0 unspecified atom stereocenters. The smallest absolute Gasteiger partial charge is 0.238 e. The highest BCUT2D eigenvalue weighted by Gasteiger charge is 2.11. The Morgan fingerprint density at radius 1 is 1.21 bits per heavy atom. The summed E-state index contributed by atoms with van der Waals surface area (Å²) in [4.78, 5) is 17.4. The number of anilines is 1. The molecule has 124 valence electrons. The molecule has 0 saturated carbocycles. The SMILES string of the molecule is CCN(CC(=O)Nc1cccc(F)c1)Cc1ccc2[nH]ccc2c1. The molecule has 0 radical (unpaired) electrons. The van der Waals surface area contributed by atoms with Crippen molar-refractivity contribution in [2.24, 2.45) is 0 Å². The van der Waals surface area contributed by atoms with E-state index in [1.54, 1.807) is 12.1 Å². The lowest BCUT2D eigenvalue weighted by Crippen LogP contribution is -2.32. The van der Waals surface area contributed by atoms with E-state index >= 15 is 0 Å². The summed E-state index contributed by atoms with van der Waals surface area (Å²) in [5, 5.41) is 3.89. The Morgan fingerprint density at radius 2 is 2.08 bits per heavy atom. The average molecular weight is 325 g/mol. The van der Waals surface area contributed by atoms with Crippen LogP contribution in [0.3, 0.4) is 0 Å². The highest BCUT2D eigenvalue weighted by Crippen LogP contribution is 2.16. The number of fused-ring (bicyclic) bond motifs is 1. The number of carbonyl (C=O) groups excluding carboxylic acids is 1. The van der Waals surface area contributed by atoms with Crippen molar-refractivity contribution in [3.05, 3.63) is 66.1 Å². The molecular formula is C19H20FN3O. The summed E-state index contributed by atoms with van der Waals surface area (Å²) in [6.45, 7) is 3.72. The third-order valence-electron chi connectivity index (χ3n) is 3.95. The van der Waals surface area contributed by atoms with Crippen LogP contribution in [0.25, 0.3) is 10.9 Å². The van der Waals surface area contributed by atoms with Gasteiger partial charge in [-0.3, -0.25) is 9.69 Å². The minimum Gasteiger partial charge on any atom is -0.361 e. The van der Waals surface area contributed by atoms with Gasteiger partial charge in [-0.25, -0.2) is 4.39 Å². The number of halogens is 1. The lowest BCUT2D eigenvalue weighted by atomic mass is 10.1. The second-order valence-corrected chi connectivity index (χ2v) is 5.76. The molecular weight excluding hydrogens is 305 g/mol. The van der Waals surface area contributed by atoms with Crippen molar-refractivity contribution in [3.63, 3.8) is 0 Å². The Balaban J connectivity index is 1.62. The van der Waals surface area contributed by atoms with Crippen molar-refractivity contribution < 1.29 is 9.18 Å². The van der Waals surface area contributed by atoms with Crippen LogP contribution in [0.15, 0.2) is 54.7 Å². The van der Waals surface area contributed by atoms with Gasteiger partial charge in [-0.2, -0.15) is 0 Å². The van der Waals surface area contributed by atoms with Crippen LogP contribution >= 0.6 is 0 Å². The molecule has 1 heterocycles. The Morgan fingerprint density at radius 3 is 2.88 bits per heavy atom. The van der Waals surface area contributed by atoms with Gasteiger partial charge in [0.1, 0.15) is 5.82 Å². The molecule has 0 saturated heterocycles. The number of H-pyrrole nitrogens is 1. The summed E-state index contributed by atoms with van der Waals surface area (Å²) >= 11 is 0. The number of aromatic amines is 1. The molecule has 0 aliphatic carbocycles. The number of carbonyl (C=O) groups is 1. The largest absolute Gasteiger partial charge is 0.361 e. The Hall–Kier alpha value is -2.66. The molecule has 2 N–H and O–H groups in total. The molecule has 0 atom stereocenters. The van der Waals surface area contributed by atoms with Gasteiger partial charge in [0.15, 0.2) is 0 Å². The first-order valence-electron chi connectivity index (χ1n) is 7.98. The second-order valence-electron chi connectivity index (χ2n) is 5.76. The number of likely N-dealkylation sites (N-methyl/N-ethyl adjacent to an activating group) is 1. The fraction of sp³-hybridized carbons (Fsp3) is 0.211. The molecule has 24 heavy (non-hydrogen) atoms. The van der Waals surface area contributed by atoms with E-state index in [-0.39, 0.29) is 18.3 Å². The second kappa shape index (κ2) is 7.27. The molecule has 0 spiro atoms. The molecule has 4 nitrogen and oxygen atoms in total. The van der Waals surface area contributed by atoms with Gasteiger partial charge >= 0.3 is 0 Å². The zero-order chi connectivity index (χ0) is 16.9. The number of nitrogens with one attached hydrogen (secondary N) is 2. The molecule has 3 aromatic rings. The van der Waals surface area contributed by atoms with Gasteiger partial charge in [0.05, 0.1) is 6.54 Å². The van der Waals surface area contributed by atoms with Gasteiger partial charge in [0.25, 0.3) is 0 Å². The number of benzene rings is 2. The number of hydrogen-bond acceptors (Lipinski definition) is 2. The third kappa shape index (κ3) is 4.00. The van der Waals surface area contributed by atoms with Crippen molar-refractivity contribution in [1.82, 2.24) is 9.88 Å². The summed E-state index contributed by atoms with van der Waals surface area (Å²) in [5.74, 6) is -0.509. The average Bonchev–Trinajstić information content (AvgIpc) is 3.01. The fourth-order valence-electron chi connectivity index (χ4n) is 2.71. The zero-order valence-electron chi connectivity index (χ0n) is 13.6. The number of nitrogens with zero attached hydrogens (tertiary/aromatic N) is 1. The predicted octanol–water partition coefficient (Wildman–Crippen LogP) is 3.77. The van der Waals surface area contributed by atoms with E-state index < -0.39 is 0 Å². The zero-order valence-corrected chi connectivity index (χ0v) is 13.6. The highest BCUT2D eigenvalue weighted by molar-refractivity contribution is 5.92. The maximum Gasteiger partial charge on any atom is 0.238 e. The molecule has 0 aliphatic heterocycles. The summed E-state index contributed by atoms with van der Waals surface area (Å²) in [7, 11) is 0. The Bertz CT molecular complexity index is 843. The molecule has 2 aromatic carbocycles. The molecule has 1 aromatic heterocycles. The van der Waals surface area contributed by atoms with Gasteiger partial charge in [0, 0.05) is 23.9 Å². The highest BCUT2D eigenvalue weighted by atomic mass is 19.1. The lowest BCUT2D eigenvalue weighted by Gasteiger charge is -2.20. The van der Waals surface area contributed by atoms with E-state index in [4.69, 9.17) is 0 Å². The van der Waals surface area contributed by atoms with Crippen molar-refractivity contribution in [3.8, 4) is 0 Å². The first kappa shape index (κ1) is 16.2. The van der Waals surface area contributed by atoms with Crippen LogP contribution in [0.4, 0.5) is 10.1 Å². The summed E-state index contributed by atoms with van der Waals surface area (Å²) < 4.78 is 13.2. The maximum atomic E-state index is 13.2. The Kier molecular flexibility index (Phi) is 4.91. The van der Waals surface area contributed by atoms with Crippen LogP contribution in [-0.4, -0.2) is 28.9 Å². The van der Waals surface area contributed by atoms with Crippen molar-refractivity contribution in [1.29, 1.82) is 0 Å². The minimum absolute atomic E-state index is 0.148. The van der Waals surface area contributed by atoms with Crippen LogP contribution in [0, 0.1) is 5.82 Å². The molecule has 5 heteroatoms. The van der Waals surface area contributed by atoms with Crippen molar-refractivity contribution in [2.75, 3.05) is 18.4 Å². The van der Waals surface area contributed by atoms with Gasteiger partial charge in [-0.15, -0.1) is 0 Å². The van der Waals surface area contributed by atoms with Crippen LogP contribution in [0.2, 0.25) is 0 Å². The molecule has 0 aliphatic rings. The lowest BCUT2D eigenvalue weighted by molar-refractivity contribution is -0.117. The number of rotatable bonds is 6. The van der Waals surface area contributed by atoms with Gasteiger partial charge in [-0.05, 0) is 53.9 Å². The van der Waals surface area contributed by atoms with E-state index in [9.17, 15) is 9.18 Å². The molecule has 3 rings (SSSR count).